The highest BCUT2D eigenvalue weighted by Gasteiger charge is 2.46. The van der Waals surface area contributed by atoms with E-state index < -0.39 is 16.1 Å². The predicted octanol–water partition coefficient (Wildman–Crippen LogP) is 0.959. The van der Waals surface area contributed by atoms with E-state index >= 15 is 0 Å². The second kappa shape index (κ2) is 5.65. The van der Waals surface area contributed by atoms with Crippen molar-refractivity contribution >= 4 is 16.1 Å². The zero-order valence-corrected chi connectivity index (χ0v) is 13.7. The van der Waals surface area contributed by atoms with Gasteiger partial charge in [-0.2, -0.15) is 4.31 Å². The highest BCUT2D eigenvalue weighted by molar-refractivity contribution is 7.89. The summed E-state index contributed by atoms with van der Waals surface area (Å²) in [6.07, 6.45) is 3.10. The molecule has 2 saturated heterocycles. The van der Waals surface area contributed by atoms with Crippen LogP contribution >= 0.6 is 0 Å². The number of amides is 1. The minimum absolute atomic E-state index is 0.125. The van der Waals surface area contributed by atoms with Crippen LogP contribution in [0.1, 0.15) is 32.1 Å². The van der Waals surface area contributed by atoms with Crippen LogP contribution < -0.4 is 0 Å². The molecule has 3 aliphatic rings. The maximum absolute atomic E-state index is 12.4. The van der Waals surface area contributed by atoms with E-state index in [1.807, 2.05) is 0 Å². The van der Waals surface area contributed by atoms with E-state index in [0.29, 0.717) is 44.9 Å². The number of ether oxygens (including phenoxy) is 1. The van der Waals surface area contributed by atoms with Crippen molar-refractivity contribution in [2.24, 2.45) is 5.92 Å². The minimum Gasteiger partial charge on any atom is -0.465 e. The lowest BCUT2D eigenvalue weighted by Gasteiger charge is -2.37. The van der Waals surface area contributed by atoms with E-state index in [1.54, 1.807) is 7.05 Å². The summed E-state index contributed by atoms with van der Waals surface area (Å²) in [7, 11) is -1.56. The van der Waals surface area contributed by atoms with Gasteiger partial charge >= 0.3 is 6.09 Å². The number of hydrogen-bond acceptors (Lipinski definition) is 4. The van der Waals surface area contributed by atoms with Gasteiger partial charge in [0.1, 0.15) is 0 Å². The number of carboxylic acid groups (broad SMARTS) is 1. The maximum Gasteiger partial charge on any atom is 0.407 e. The zero-order valence-electron chi connectivity index (χ0n) is 12.9. The summed E-state index contributed by atoms with van der Waals surface area (Å²) in [6.45, 7) is 1.33. The van der Waals surface area contributed by atoms with Crippen LogP contribution in [0.4, 0.5) is 4.79 Å². The molecule has 0 bridgehead atoms. The first kappa shape index (κ1) is 16.0. The van der Waals surface area contributed by atoms with Gasteiger partial charge in [-0.3, -0.25) is 0 Å². The third-order valence-corrected chi connectivity index (χ3v) is 7.30. The molecule has 126 valence electrons. The van der Waals surface area contributed by atoms with Crippen molar-refractivity contribution in [3.63, 3.8) is 0 Å². The third-order valence-electron chi connectivity index (χ3n) is 5.23. The van der Waals surface area contributed by atoms with Gasteiger partial charge in [0.15, 0.2) is 0 Å². The Hall–Kier alpha value is -0.860. The maximum atomic E-state index is 12.4. The summed E-state index contributed by atoms with van der Waals surface area (Å²) < 4.78 is 32.2. The molecule has 0 aromatic heterocycles. The van der Waals surface area contributed by atoms with Crippen molar-refractivity contribution in [3.05, 3.63) is 0 Å². The van der Waals surface area contributed by atoms with Crippen molar-refractivity contribution in [2.75, 3.05) is 32.5 Å². The molecule has 3 rings (SSSR count). The van der Waals surface area contributed by atoms with Gasteiger partial charge in [0, 0.05) is 20.1 Å². The van der Waals surface area contributed by atoms with Gasteiger partial charge in [-0.05, 0) is 38.0 Å². The topological polar surface area (TPSA) is 87.2 Å². The fourth-order valence-electron chi connectivity index (χ4n) is 3.43. The number of piperidine rings is 1. The Bertz CT molecular complexity index is 537. The van der Waals surface area contributed by atoms with Gasteiger partial charge < -0.3 is 14.7 Å². The molecule has 2 aliphatic heterocycles. The Kier molecular flexibility index (Phi) is 4.11. The first-order valence-corrected chi connectivity index (χ1v) is 9.50. The van der Waals surface area contributed by atoms with E-state index in [1.165, 1.54) is 9.21 Å². The van der Waals surface area contributed by atoms with E-state index in [0.717, 1.165) is 12.8 Å². The number of sulfonamides is 1. The van der Waals surface area contributed by atoms with Crippen LogP contribution in [-0.2, 0) is 14.8 Å². The van der Waals surface area contributed by atoms with Gasteiger partial charge in [-0.15, -0.1) is 0 Å². The lowest BCUT2D eigenvalue weighted by molar-refractivity contribution is -0.0396. The number of likely N-dealkylation sites (tertiary alicyclic amines) is 1. The largest absolute Gasteiger partial charge is 0.465 e. The van der Waals surface area contributed by atoms with Gasteiger partial charge in [-0.1, -0.05) is 0 Å². The molecule has 3 fully saturated rings. The molecule has 1 amide bonds. The van der Waals surface area contributed by atoms with Gasteiger partial charge in [0.25, 0.3) is 0 Å². The van der Waals surface area contributed by atoms with Crippen molar-refractivity contribution in [1.82, 2.24) is 9.21 Å². The number of likely N-dealkylation sites (N-methyl/N-ethyl adjacent to an activating group) is 1. The second-order valence-corrected chi connectivity index (χ2v) is 8.93. The molecule has 0 radical (unpaired) electrons. The summed E-state index contributed by atoms with van der Waals surface area (Å²) in [4.78, 5) is 12.4. The fraction of sp³-hybridized carbons (Fsp3) is 0.929. The minimum atomic E-state index is -3.21. The van der Waals surface area contributed by atoms with Gasteiger partial charge in [0.05, 0.1) is 24.0 Å². The van der Waals surface area contributed by atoms with E-state index in [4.69, 9.17) is 9.84 Å². The average Bonchev–Trinajstić information content (AvgIpc) is 3.17. The lowest BCUT2D eigenvalue weighted by atomic mass is 9.87. The second-order valence-electron chi connectivity index (χ2n) is 6.86. The quantitative estimate of drug-likeness (QED) is 0.828. The Morgan fingerprint density at radius 3 is 2.55 bits per heavy atom. The molecular weight excluding hydrogens is 308 g/mol. The van der Waals surface area contributed by atoms with Gasteiger partial charge in [0.2, 0.25) is 10.0 Å². The van der Waals surface area contributed by atoms with Crippen LogP contribution in [0.2, 0.25) is 0 Å². The van der Waals surface area contributed by atoms with Crippen LogP contribution in [0.5, 0.6) is 0 Å². The number of hydrogen-bond donors (Lipinski definition) is 1. The number of nitrogens with zero attached hydrogens (tertiary/aromatic N) is 2. The summed E-state index contributed by atoms with van der Waals surface area (Å²) in [5.74, 6) is 0.585. The van der Waals surface area contributed by atoms with E-state index in [2.05, 4.69) is 0 Å². The fourth-order valence-corrected chi connectivity index (χ4v) is 5.19. The molecular formula is C14H24N2O5S. The van der Waals surface area contributed by atoms with E-state index in [9.17, 15) is 13.2 Å². The zero-order chi connectivity index (χ0) is 16.0. The van der Waals surface area contributed by atoms with Crippen molar-refractivity contribution in [3.8, 4) is 0 Å². The first-order chi connectivity index (χ1) is 10.3. The molecule has 0 aromatic carbocycles. The van der Waals surface area contributed by atoms with Crippen LogP contribution in [0.25, 0.3) is 0 Å². The van der Waals surface area contributed by atoms with Crippen LogP contribution in [0, 0.1) is 5.92 Å². The number of carbonyl (C=O) groups is 1. The van der Waals surface area contributed by atoms with Crippen molar-refractivity contribution in [1.29, 1.82) is 0 Å². The highest BCUT2D eigenvalue weighted by atomic mass is 32.2. The highest BCUT2D eigenvalue weighted by Crippen LogP contribution is 2.39. The standard InChI is InChI=1S/C14H24N2O5S/c1-15(22(19,20)10-11-2-3-11)12-8-14(21-9-12)4-6-16(7-5-14)13(17)18/h11-12H,2-10H2,1H3,(H,17,18)/t12-/m1/s1. The molecule has 1 atom stereocenters. The van der Waals surface area contributed by atoms with Crippen LogP contribution in [0.15, 0.2) is 0 Å². The SMILES string of the molecule is CN([C@H]1COC2(CCN(C(=O)O)CC2)C1)S(=O)(=O)CC1CC1. The summed E-state index contributed by atoms with van der Waals surface area (Å²) >= 11 is 0. The monoisotopic (exact) mass is 332 g/mol. The Labute approximate surface area is 131 Å². The first-order valence-electron chi connectivity index (χ1n) is 7.89. The van der Waals surface area contributed by atoms with E-state index in [-0.39, 0.29) is 17.4 Å². The number of rotatable bonds is 4. The summed E-state index contributed by atoms with van der Waals surface area (Å²) in [6, 6.07) is -0.125. The molecule has 2 heterocycles. The molecule has 7 nitrogen and oxygen atoms in total. The molecule has 1 saturated carbocycles. The van der Waals surface area contributed by atoms with Crippen molar-refractivity contribution in [2.45, 2.75) is 43.7 Å². The summed E-state index contributed by atoms with van der Waals surface area (Å²) in [5, 5.41) is 9.00. The molecule has 0 unspecified atom stereocenters. The van der Waals surface area contributed by atoms with Gasteiger partial charge in [-0.25, -0.2) is 13.2 Å². The smallest absolute Gasteiger partial charge is 0.407 e. The molecule has 1 N–H and O–H groups in total. The predicted molar refractivity (Wildman–Crippen MR) is 80.2 cm³/mol. The molecule has 1 aliphatic carbocycles. The molecule has 8 heteroatoms. The lowest BCUT2D eigenvalue weighted by Crippen LogP contribution is -2.47. The average molecular weight is 332 g/mol. The summed E-state index contributed by atoms with van der Waals surface area (Å²) in [5.41, 5.74) is -0.347. The van der Waals surface area contributed by atoms with Crippen molar-refractivity contribution < 1.29 is 23.1 Å². The van der Waals surface area contributed by atoms with Crippen LogP contribution in [-0.4, -0.2) is 73.0 Å². The molecule has 22 heavy (non-hydrogen) atoms. The Morgan fingerprint density at radius 1 is 1.36 bits per heavy atom. The van der Waals surface area contributed by atoms with Crippen LogP contribution in [0.3, 0.4) is 0 Å². The molecule has 1 spiro atoms. The molecule has 0 aromatic rings. The Balaban J connectivity index is 1.59. The Morgan fingerprint density at radius 2 is 2.00 bits per heavy atom. The normalized spacial score (nSPS) is 28.5. The third kappa shape index (κ3) is 3.23.